The average molecular weight is 283 g/mol. The molecule has 0 radical (unpaired) electrons. The van der Waals surface area contributed by atoms with E-state index in [2.05, 4.69) is 10.3 Å². The molecule has 98 valence electrons. The number of nitrogens with one attached hydrogen (secondary N) is 1. The number of carbonyl (C=O) groups excluding carboxylic acids is 1. The SMILES string of the molecule is Cc1nc(C(=O)NC2(C(N)=S)CCCCC2)cs1. The number of carbonyl (C=O) groups is 1. The van der Waals surface area contributed by atoms with E-state index in [1.807, 2.05) is 6.92 Å². The molecular formula is C12H17N3OS2. The highest BCUT2D eigenvalue weighted by atomic mass is 32.1. The summed E-state index contributed by atoms with van der Waals surface area (Å²) in [4.78, 5) is 16.7. The predicted molar refractivity (Wildman–Crippen MR) is 76.9 cm³/mol. The van der Waals surface area contributed by atoms with Gasteiger partial charge in [0.1, 0.15) is 5.69 Å². The number of thiocarbonyl (C=S) groups is 1. The van der Waals surface area contributed by atoms with Crippen LogP contribution in [0.15, 0.2) is 5.38 Å². The minimum absolute atomic E-state index is 0.172. The molecule has 0 aromatic carbocycles. The van der Waals surface area contributed by atoms with Crippen molar-refractivity contribution < 1.29 is 4.79 Å². The van der Waals surface area contributed by atoms with Crippen molar-refractivity contribution in [3.63, 3.8) is 0 Å². The van der Waals surface area contributed by atoms with Gasteiger partial charge in [0.05, 0.1) is 15.5 Å². The van der Waals surface area contributed by atoms with E-state index in [4.69, 9.17) is 18.0 Å². The molecule has 0 unspecified atom stereocenters. The van der Waals surface area contributed by atoms with Gasteiger partial charge in [0.25, 0.3) is 5.91 Å². The minimum Gasteiger partial charge on any atom is -0.391 e. The van der Waals surface area contributed by atoms with Crippen molar-refractivity contribution in [2.24, 2.45) is 5.73 Å². The van der Waals surface area contributed by atoms with Crippen LogP contribution in [0.5, 0.6) is 0 Å². The molecule has 0 atom stereocenters. The normalized spacial score (nSPS) is 18.3. The third kappa shape index (κ3) is 2.70. The first-order valence-electron chi connectivity index (χ1n) is 6.08. The Bertz CT molecular complexity index is 464. The van der Waals surface area contributed by atoms with E-state index < -0.39 is 5.54 Å². The highest BCUT2D eigenvalue weighted by Crippen LogP contribution is 2.29. The molecule has 18 heavy (non-hydrogen) atoms. The van der Waals surface area contributed by atoms with E-state index in [0.717, 1.165) is 30.7 Å². The quantitative estimate of drug-likeness (QED) is 0.834. The van der Waals surface area contributed by atoms with Gasteiger partial charge in [-0.2, -0.15) is 0 Å². The Morgan fingerprint density at radius 3 is 2.67 bits per heavy atom. The molecule has 3 N–H and O–H groups in total. The van der Waals surface area contributed by atoms with E-state index in [0.29, 0.717) is 10.7 Å². The van der Waals surface area contributed by atoms with Crippen LogP contribution >= 0.6 is 23.6 Å². The zero-order valence-corrected chi connectivity index (χ0v) is 12.0. The van der Waals surface area contributed by atoms with Crippen LogP contribution in [0.25, 0.3) is 0 Å². The van der Waals surface area contributed by atoms with Gasteiger partial charge >= 0.3 is 0 Å². The van der Waals surface area contributed by atoms with Crippen LogP contribution < -0.4 is 11.1 Å². The number of hydrogen-bond acceptors (Lipinski definition) is 4. The largest absolute Gasteiger partial charge is 0.391 e. The summed E-state index contributed by atoms with van der Waals surface area (Å²) < 4.78 is 0. The topological polar surface area (TPSA) is 68.0 Å². The highest BCUT2D eigenvalue weighted by Gasteiger charge is 2.37. The summed E-state index contributed by atoms with van der Waals surface area (Å²) in [7, 11) is 0. The summed E-state index contributed by atoms with van der Waals surface area (Å²) in [5.41, 5.74) is 5.78. The van der Waals surface area contributed by atoms with Crippen molar-refractivity contribution in [2.45, 2.75) is 44.6 Å². The zero-order valence-electron chi connectivity index (χ0n) is 10.4. The van der Waals surface area contributed by atoms with E-state index in [1.165, 1.54) is 17.8 Å². The third-order valence-corrected chi connectivity index (χ3v) is 4.55. The third-order valence-electron chi connectivity index (χ3n) is 3.38. The number of amides is 1. The van der Waals surface area contributed by atoms with Gasteiger partial charge in [-0.05, 0) is 19.8 Å². The standard InChI is InChI=1S/C12H17N3OS2/c1-8-14-9(7-18-8)10(16)15-12(11(13)17)5-3-2-4-6-12/h7H,2-6H2,1H3,(H2,13,17)(H,15,16). The molecule has 4 nitrogen and oxygen atoms in total. The van der Waals surface area contributed by atoms with Gasteiger partial charge in [0.2, 0.25) is 0 Å². The monoisotopic (exact) mass is 283 g/mol. The van der Waals surface area contributed by atoms with Crippen LogP contribution in [0.3, 0.4) is 0 Å². The maximum Gasteiger partial charge on any atom is 0.271 e. The van der Waals surface area contributed by atoms with Gasteiger partial charge in [0.15, 0.2) is 0 Å². The molecule has 0 bridgehead atoms. The molecule has 1 heterocycles. The van der Waals surface area contributed by atoms with E-state index in [1.54, 1.807) is 5.38 Å². The molecule has 0 spiro atoms. The average Bonchev–Trinajstić information content (AvgIpc) is 2.77. The van der Waals surface area contributed by atoms with Crippen LogP contribution in [0.2, 0.25) is 0 Å². The lowest BCUT2D eigenvalue weighted by Crippen LogP contribution is -2.57. The lowest BCUT2D eigenvalue weighted by molar-refractivity contribution is 0.0904. The second kappa shape index (κ2) is 5.32. The second-order valence-electron chi connectivity index (χ2n) is 4.71. The fourth-order valence-corrected chi connectivity index (χ4v) is 3.19. The number of nitrogens with zero attached hydrogens (tertiary/aromatic N) is 1. The number of thiazole rings is 1. The van der Waals surface area contributed by atoms with Crippen LogP contribution in [-0.4, -0.2) is 21.4 Å². The predicted octanol–water partition coefficient (Wildman–Crippen LogP) is 2.17. The Morgan fingerprint density at radius 2 is 2.17 bits per heavy atom. The summed E-state index contributed by atoms with van der Waals surface area (Å²) >= 11 is 6.61. The maximum absolute atomic E-state index is 12.2. The summed E-state index contributed by atoms with van der Waals surface area (Å²) in [5, 5.41) is 5.65. The van der Waals surface area contributed by atoms with Crippen molar-refractivity contribution in [2.75, 3.05) is 0 Å². The summed E-state index contributed by atoms with van der Waals surface area (Å²) in [6, 6.07) is 0. The van der Waals surface area contributed by atoms with Gasteiger partial charge < -0.3 is 11.1 Å². The van der Waals surface area contributed by atoms with Crippen LogP contribution in [0.4, 0.5) is 0 Å². The molecule has 1 saturated carbocycles. The lowest BCUT2D eigenvalue weighted by Gasteiger charge is -2.36. The minimum atomic E-state index is -0.512. The molecule has 1 aromatic heterocycles. The Balaban J connectivity index is 2.14. The molecule has 1 aromatic rings. The Kier molecular flexibility index (Phi) is 3.97. The van der Waals surface area contributed by atoms with Crippen molar-refractivity contribution in [3.8, 4) is 0 Å². The molecule has 0 aliphatic heterocycles. The number of aromatic nitrogens is 1. The number of hydrogen-bond donors (Lipinski definition) is 2. The molecule has 1 amide bonds. The van der Waals surface area contributed by atoms with E-state index in [-0.39, 0.29) is 5.91 Å². The zero-order chi connectivity index (χ0) is 13.2. The molecule has 2 rings (SSSR count). The fraction of sp³-hybridized carbons (Fsp3) is 0.583. The van der Waals surface area contributed by atoms with Gasteiger partial charge in [0, 0.05) is 5.38 Å². The Hall–Kier alpha value is -1.01. The summed E-state index contributed by atoms with van der Waals surface area (Å²) in [5.74, 6) is -0.172. The van der Waals surface area contributed by atoms with Gasteiger partial charge in [-0.25, -0.2) is 4.98 Å². The Morgan fingerprint density at radius 1 is 1.50 bits per heavy atom. The summed E-state index contributed by atoms with van der Waals surface area (Å²) in [6.07, 6.45) is 4.94. The van der Waals surface area contributed by atoms with Crippen LogP contribution in [-0.2, 0) is 0 Å². The molecule has 0 saturated heterocycles. The summed E-state index contributed by atoms with van der Waals surface area (Å²) in [6.45, 7) is 1.88. The van der Waals surface area contributed by atoms with E-state index in [9.17, 15) is 4.79 Å². The van der Waals surface area contributed by atoms with Crippen molar-refractivity contribution in [1.82, 2.24) is 10.3 Å². The maximum atomic E-state index is 12.2. The van der Waals surface area contributed by atoms with Crippen LogP contribution in [0.1, 0.15) is 47.6 Å². The second-order valence-corrected chi connectivity index (χ2v) is 6.21. The van der Waals surface area contributed by atoms with Gasteiger partial charge in [-0.1, -0.05) is 31.5 Å². The molecule has 1 aliphatic carbocycles. The molecular weight excluding hydrogens is 266 g/mol. The molecule has 1 aliphatic rings. The fourth-order valence-electron chi connectivity index (χ4n) is 2.34. The van der Waals surface area contributed by atoms with Gasteiger partial charge in [-0.15, -0.1) is 11.3 Å². The first kappa shape index (κ1) is 13.4. The smallest absolute Gasteiger partial charge is 0.271 e. The molecule has 6 heteroatoms. The van der Waals surface area contributed by atoms with Crippen molar-refractivity contribution in [3.05, 3.63) is 16.1 Å². The van der Waals surface area contributed by atoms with E-state index >= 15 is 0 Å². The number of nitrogens with two attached hydrogens (primary N) is 1. The van der Waals surface area contributed by atoms with Crippen LogP contribution in [0, 0.1) is 6.92 Å². The van der Waals surface area contributed by atoms with Crippen molar-refractivity contribution >= 4 is 34.5 Å². The lowest BCUT2D eigenvalue weighted by atomic mass is 9.81. The first-order chi connectivity index (χ1) is 8.53. The number of rotatable bonds is 3. The van der Waals surface area contributed by atoms with Crippen molar-refractivity contribution in [1.29, 1.82) is 0 Å². The van der Waals surface area contributed by atoms with Gasteiger partial charge in [-0.3, -0.25) is 4.79 Å². The number of aryl methyl sites for hydroxylation is 1. The first-order valence-corrected chi connectivity index (χ1v) is 7.37. The molecule has 1 fully saturated rings. The highest BCUT2D eigenvalue weighted by molar-refractivity contribution is 7.80. The Labute approximate surface area is 116 Å².